The lowest BCUT2D eigenvalue weighted by Crippen LogP contribution is -2.38. The SMILES string of the molecule is CC(C)(C)CC1(C(=O)NCCO)CC1(C)C. The highest BCUT2D eigenvalue weighted by atomic mass is 16.3. The maximum absolute atomic E-state index is 12.2. The normalized spacial score (nSPS) is 27.6. The maximum Gasteiger partial charge on any atom is 0.226 e. The van der Waals surface area contributed by atoms with E-state index in [2.05, 4.69) is 39.9 Å². The van der Waals surface area contributed by atoms with Gasteiger partial charge in [0, 0.05) is 6.54 Å². The lowest BCUT2D eigenvalue weighted by molar-refractivity contribution is -0.129. The first-order valence-corrected chi connectivity index (χ1v) is 6.04. The van der Waals surface area contributed by atoms with Crippen LogP contribution in [0.25, 0.3) is 0 Å². The van der Waals surface area contributed by atoms with Crippen LogP contribution in [-0.4, -0.2) is 24.2 Å². The second-order valence-electron chi connectivity index (χ2n) is 6.86. The van der Waals surface area contributed by atoms with Gasteiger partial charge in [0.15, 0.2) is 0 Å². The van der Waals surface area contributed by atoms with Crippen LogP contribution in [0.4, 0.5) is 0 Å². The second-order valence-corrected chi connectivity index (χ2v) is 6.86. The molecular weight excluding hydrogens is 202 g/mol. The molecule has 0 aromatic heterocycles. The number of amides is 1. The molecule has 1 unspecified atom stereocenters. The Hall–Kier alpha value is -0.570. The number of carbonyl (C=O) groups is 1. The van der Waals surface area contributed by atoms with E-state index in [0.29, 0.717) is 6.54 Å². The molecule has 1 saturated carbocycles. The van der Waals surface area contributed by atoms with E-state index in [1.807, 2.05) is 0 Å². The summed E-state index contributed by atoms with van der Waals surface area (Å²) in [6, 6.07) is 0. The Morgan fingerprint density at radius 1 is 1.38 bits per heavy atom. The molecule has 1 aliphatic rings. The molecule has 0 aromatic carbocycles. The van der Waals surface area contributed by atoms with E-state index in [4.69, 9.17) is 5.11 Å². The summed E-state index contributed by atoms with van der Waals surface area (Å²) >= 11 is 0. The lowest BCUT2D eigenvalue weighted by Gasteiger charge is -2.28. The van der Waals surface area contributed by atoms with Crippen molar-refractivity contribution < 1.29 is 9.90 Å². The Labute approximate surface area is 98.6 Å². The van der Waals surface area contributed by atoms with Gasteiger partial charge in [-0.25, -0.2) is 0 Å². The van der Waals surface area contributed by atoms with E-state index in [1.54, 1.807) is 0 Å². The van der Waals surface area contributed by atoms with Crippen LogP contribution in [0.1, 0.15) is 47.5 Å². The molecule has 1 atom stereocenters. The Bertz CT molecular complexity index is 278. The van der Waals surface area contributed by atoms with Crippen molar-refractivity contribution in [2.45, 2.75) is 47.5 Å². The second kappa shape index (κ2) is 4.02. The van der Waals surface area contributed by atoms with Crippen LogP contribution in [0.3, 0.4) is 0 Å². The van der Waals surface area contributed by atoms with E-state index in [0.717, 1.165) is 12.8 Å². The highest BCUT2D eigenvalue weighted by Crippen LogP contribution is 2.67. The molecule has 0 saturated heterocycles. The molecule has 0 aliphatic heterocycles. The van der Waals surface area contributed by atoms with Gasteiger partial charge in [0.05, 0.1) is 12.0 Å². The minimum absolute atomic E-state index is 0.0117. The third kappa shape index (κ3) is 2.57. The lowest BCUT2D eigenvalue weighted by atomic mass is 9.78. The summed E-state index contributed by atoms with van der Waals surface area (Å²) in [4.78, 5) is 12.2. The van der Waals surface area contributed by atoms with Crippen LogP contribution in [0, 0.1) is 16.2 Å². The van der Waals surface area contributed by atoms with E-state index < -0.39 is 0 Å². The van der Waals surface area contributed by atoms with Crippen molar-refractivity contribution in [3.8, 4) is 0 Å². The van der Waals surface area contributed by atoms with Crippen molar-refractivity contribution in [3.05, 3.63) is 0 Å². The van der Waals surface area contributed by atoms with Gasteiger partial charge in [-0.1, -0.05) is 34.6 Å². The van der Waals surface area contributed by atoms with Gasteiger partial charge in [0.2, 0.25) is 5.91 Å². The Morgan fingerprint density at radius 2 is 1.88 bits per heavy atom. The molecule has 0 heterocycles. The molecule has 0 spiro atoms. The predicted octanol–water partition coefficient (Wildman–Crippen LogP) is 1.95. The number of aliphatic hydroxyl groups is 1. The van der Waals surface area contributed by atoms with Crippen molar-refractivity contribution in [1.82, 2.24) is 5.32 Å². The molecule has 3 heteroatoms. The van der Waals surface area contributed by atoms with Crippen LogP contribution >= 0.6 is 0 Å². The molecule has 1 fully saturated rings. The molecule has 1 aliphatic carbocycles. The number of carbonyl (C=O) groups excluding carboxylic acids is 1. The van der Waals surface area contributed by atoms with Crippen molar-refractivity contribution in [2.24, 2.45) is 16.2 Å². The summed E-state index contributed by atoms with van der Waals surface area (Å²) in [6.45, 7) is 11.2. The fraction of sp³-hybridized carbons (Fsp3) is 0.923. The first-order valence-electron chi connectivity index (χ1n) is 6.04. The van der Waals surface area contributed by atoms with Gasteiger partial charge in [-0.05, 0) is 23.7 Å². The summed E-state index contributed by atoms with van der Waals surface area (Å²) in [7, 11) is 0. The van der Waals surface area contributed by atoms with Crippen LogP contribution in [-0.2, 0) is 4.79 Å². The van der Waals surface area contributed by atoms with Gasteiger partial charge in [0.1, 0.15) is 0 Å². The smallest absolute Gasteiger partial charge is 0.226 e. The van der Waals surface area contributed by atoms with Crippen LogP contribution in [0.5, 0.6) is 0 Å². The number of nitrogens with one attached hydrogen (secondary N) is 1. The van der Waals surface area contributed by atoms with E-state index >= 15 is 0 Å². The largest absolute Gasteiger partial charge is 0.395 e. The fourth-order valence-corrected chi connectivity index (χ4v) is 2.72. The number of hydrogen-bond acceptors (Lipinski definition) is 2. The number of hydrogen-bond donors (Lipinski definition) is 2. The topological polar surface area (TPSA) is 49.3 Å². The molecule has 0 bridgehead atoms. The maximum atomic E-state index is 12.2. The zero-order chi connectivity index (χ0) is 12.6. The minimum atomic E-state index is -0.222. The molecule has 1 amide bonds. The summed E-state index contributed by atoms with van der Waals surface area (Å²) in [5, 5.41) is 11.6. The summed E-state index contributed by atoms with van der Waals surface area (Å²) < 4.78 is 0. The monoisotopic (exact) mass is 227 g/mol. The summed E-state index contributed by atoms with van der Waals surface area (Å²) in [6.07, 6.45) is 1.86. The number of aliphatic hydroxyl groups excluding tert-OH is 1. The van der Waals surface area contributed by atoms with Crippen LogP contribution < -0.4 is 5.32 Å². The molecule has 0 aromatic rings. The van der Waals surface area contributed by atoms with Crippen molar-refractivity contribution in [3.63, 3.8) is 0 Å². The molecule has 2 N–H and O–H groups in total. The van der Waals surface area contributed by atoms with Gasteiger partial charge < -0.3 is 10.4 Å². The zero-order valence-electron chi connectivity index (χ0n) is 11.2. The Morgan fingerprint density at radius 3 is 2.19 bits per heavy atom. The molecule has 94 valence electrons. The van der Waals surface area contributed by atoms with Gasteiger partial charge >= 0.3 is 0 Å². The Kier molecular flexibility index (Phi) is 3.39. The average Bonchev–Trinajstić information content (AvgIpc) is 2.62. The van der Waals surface area contributed by atoms with Gasteiger partial charge in [-0.3, -0.25) is 4.79 Å². The molecule has 3 nitrogen and oxygen atoms in total. The third-order valence-electron chi connectivity index (χ3n) is 3.58. The highest BCUT2D eigenvalue weighted by molar-refractivity contribution is 5.87. The van der Waals surface area contributed by atoms with Crippen molar-refractivity contribution in [2.75, 3.05) is 13.2 Å². The summed E-state index contributed by atoms with van der Waals surface area (Å²) in [5.74, 6) is 0.112. The van der Waals surface area contributed by atoms with Crippen LogP contribution in [0.15, 0.2) is 0 Å². The quantitative estimate of drug-likeness (QED) is 0.771. The highest BCUT2D eigenvalue weighted by Gasteiger charge is 2.66. The van der Waals surface area contributed by atoms with Crippen LogP contribution in [0.2, 0.25) is 0 Å². The third-order valence-corrected chi connectivity index (χ3v) is 3.58. The van der Waals surface area contributed by atoms with Gasteiger partial charge in [0.25, 0.3) is 0 Å². The fourth-order valence-electron chi connectivity index (χ4n) is 2.72. The number of rotatable bonds is 4. The first-order chi connectivity index (χ1) is 7.15. The molecule has 16 heavy (non-hydrogen) atoms. The van der Waals surface area contributed by atoms with Crippen molar-refractivity contribution in [1.29, 1.82) is 0 Å². The average molecular weight is 227 g/mol. The predicted molar refractivity (Wildman–Crippen MR) is 65.0 cm³/mol. The molecular formula is C13H25NO2. The zero-order valence-corrected chi connectivity index (χ0v) is 11.2. The first kappa shape index (κ1) is 13.5. The van der Waals surface area contributed by atoms with Gasteiger partial charge in [-0.2, -0.15) is 0 Å². The molecule has 1 rings (SSSR count). The van der Waals surface area contributed by atoms with E-state index in [1.165, 1.54) is 0 Å². The van der Waals surface area contributed by atoms with Gasteiger partial charge in [-0.15, -0.1) is 0 Å². The summed E-state index contributed by atoms with van der Waals surface area (Å²) in [5.41, 5.74) is 0.0323. The minimum Gasteiger partial charge on any atom is -0.395 e. The standard InChI is InChI=1S/C13H25NO2/c1-11(2,3)8-13(9-12(13,4)5)10(16)14-6-7-15/h15H,6-9H2,1-5H3,(H,14,16). The van der Waals surface area contributed by atoms with Crippen molar-refractivity contribution >= 4 is 5.91 Å². The van der Waals surface area contributed by atoms with E-state index in [-0.39, 0.29) is 28.8 Å². The molecule has 0 radical (unpaired) electrons. The Balaban J connectivity index is 2.73. The van der Waals surface area contributed by atoms with E-state index in [9.17, 15) is 4.79 Å².